The van der Waals surface area contributed by atoms with Crippen molar-refractivity contribution in [3.05, 3.63) is 16.8 Å². The van der Waals surface area contributed by atoms with Crippen molar-refractivity contribution in [3.8, 4) is 6.07 Å². The Bertz CT molecular complexity index is 661. The summed E-state index contributed by atoms with van der Waals surface area (Å²) in [6, 6.07) is 2.26. The molecule has 0 radical (unpaired) electrons. The predicted octanol–water partition coefficient (Wildman–Crippen LogP) is 2.91. The van der Waals surface area contributed by atoms with Crippen LogP contribution in [0, 0.1) is 11.3 Å². The first-order valence-electron chi connectivity index (χ1n) is 6.77. The number of anilines is 1. The molecule has 0 fully saturated rings. The minimum atomic E-state index is 0.603. The second-order valence-corrected chi connectivity index (χ2v) is 6.34. The molecule has 0 aliphatic carbocycles. The van der Waals surface area contributed by atoms with Crippen LogP contribution in [0.15, 0.2) is 9.37 Å². The van der Waals surface area contributed by atoms with Crippen LogP contribution in [0.1, 0.15) is 37.6 Å². The van der Waals surface area contributed by atoms with Gasteiger partial charge in [0.1, 0.15) is 11.1 Å². The molecule has 1 N–H and O–H groups in total. The third-order valence-corrected chi connectivity index (χ3v) is 4.76. The first-order valence-corrected chi connectivity index (χ1v) is 8.40. The van der Waals surface area contributed by atoms with Gasteiger partial charge in [0, 0.05) is 6.54 Å². The maximum Gasteiger partial charge on any atom is 0.206 e. The molecule has 2 heterocycles. The third-order valence-electron chi connectivity index (χ3n) is 2.84. The summed E-state index contributed by atoms with van der Waals surface area (Å²) in [5, 5.41) is 30.5. The summed E-state index contributed by atoms with van der Waals surface area (Å²) >= 11 is 2.79. The maximum absolute atomic E-state index is 9.44. The summed E-state index contributed by atoms with van der Waals surface area (Å²) in [5.41, 5.74) is 2.48. The SMILES string of the molecule is CCNc1nnc(Sc2nnc(CC)c(CC)c2C#N)s1. The molecule has 0 saturated heterocycles. The smallest absolute Gasteiger partial charge is 0.206 e. The highest BCUT2D eigenvalue weighted by molar-refractivity contribution is 8.01. The van der Waals surface area contributed by atoms with Gasteiger partial charge in [-0.3, -0.25) is 0 Å². The van der Waals surface area contributed by atoms with Crippen molar-refractivity contribution in [1.82, 2.24) is 20.4 Å². The standard InChI is InChI=1S/C13H16N6S2/c1-4-8-9(7-14)11(17-16-10(8)5-2)20-13-19-18-12(21-13)15-6-3/h4-6H2,1-3H3,(H,15,18). The van der Waals surface area contributed by atoms with E-state index in [1.807, 2.05) is 20.8 Å². The highest BCUT2D eigenvalue weighted by Crippen LogP contribution is 2.33. The number of hydrogen-bond acceptors (Lipinski definition) is 8. The Morgan fingerprint density at radius 2 is 1.95 bits per heavy atom. The summed E-state index contributed by atoms with van der Waals surface area (Å²) in [5.74, 6) is 0. The van der Waals surface area contributed by atoms with Crippen molar-refractivity contribution in [2.45, 2.75) is 43.0 Å². The molecule has 0 aliphatic heterocycles. The zero-order valence-electron chi connectivity index (χ0n) is 12.2. The average molecular weight is 320 g/mol. The van der Waals surface area contributed by atoms with Gasteiger partial charge in [-0.15, -0.1) is 15.3 Å². The maximum atomic E-state index is 9.44. The quantitative estimate of drug-likeness (QED) is 0.875. The van der Waals surface area contributed by atoms with E-state index in [9.17, 15) is 5.26 Å². The zero-order valence-corrected chi connectivity index (χ0v) is 13.8. The molecule has 0 unspecified atom stereocenters. The monoisotopic (exact) mass is 320 g/mol. The Balaban J connectivity index is 2.33. The van der Waals surface area contributed by atoms with Gasteiger partial charge < -0.3 is 5.32 Å². The molecule has 0 atom stereocenters. The van der Waals surface area contributed by atoms with Gasteiger partial charge >= 0.3 is 0 Å². The number of nitrogens with one attached hydrogen (secondary N) is 1. The fraction of sp³-hybridized carbons (Fsp3) is 0.462. The van der Waals surface area contributed by atoms with Crippen LogP contribution in [0.25, 0.3) is 0 Å². The Morgan fingerprint density at radius 3 is 2.57 bits per heavy atom. The van der Waals surface area contributed by atoms with Gasteiger partial charge in [-0.1, -0.05) is 25.2 Å². The minimum Gasteiger partial charge on any atom is -0.360 e. The van der Waals surface area contributed by atoms with Crippen LogP contribution in [0.3, 0.4) is 0 Å². The third kappa shape index (κ3) is 3.49. The largest absolute Gasteiger partial charge is 0.360 e. The van der Waals surface area contributed by atoms with Gasteiger partial charge in [0.25, 0.3) is 0 Å². The molecular formula is C13H16N6S2. The molecule has 110 valence electrons. The number of nitriles is 1. The van der Waals surface area contributed by atoms with Crippen molar-refractivity contribution >= 4 is 28.2 Å². The number of hydrogen-bond donors (Lipinski definition) is 1. The lowest BCUT2D eigenvalue weighted by atomic mass is 10.1. The van der Waals surface area contributed by atoms with Crippen LogP contribution >= 0.6 is 23.1 Å². The molecule has 2 aromatic heterocycles. The molecule has 2 rings (SSSR count). The zero-order chi connectivity index (χ0) is 15.2. The molecule has 8 heteroatoms. The van der Waals surface area contributed by atoms with Crippen LogP contribution in [-0.4, -0.2) is 26.9 Å². The number of aryl methyl sites for hydroxylation is 1. The second kappa shape index (κ2) is 7.33. The lowest BCUT2D eigenvalue weighted by Crippen LogP contribution is -2.04. The molecular weight excluding hydrogens is 304 g/mol. The van der Waals surface area contributed by atoms with Crippen molar-refractivity contribution in [1.29, 1.82) is 5.26 Å². The topological polar surface area (TPSA) is 87.4 Å². The average Bonchev–Trinajstić information content (AvgIpc) is 2.94. The number of aromatic nitrogens is 4. The number of nitrogens with zero attached hydrogens (tertiary/aromatic N) is 5. The highest BCUT2D eigenvalue weighted by Gasteiger charge is 2.17. The lowest BCUT2D eigenvalue weighted by Gasteiger charge is -2.08. The summed E-state index contributed by atoms with van der Waals surface area (Å²) < 4.78 is 0.753. The Labute approximate surface area is 132 Å². The van der Waals surface area contributed by atoms with Gasteiger partial charge in [-0.25, -0.2) is 0 Å². The van der Waals surface area contributed by atoms with Crippen LogP contribution in [-0.2, 0) is 12.8 Å². The van der Waals surface area contributed by atoms with Crippen molar-refractivity contribution in [2.75, 3.05) is 11.9 Å². The van der Waals surface area contributed by atoms with Crippen molar-refractivity contribution in [2.24, 2.45) is 0 Å². The normalized spacial score (nSPS) is 10.4. The fourth-order valence-electron chi connectivity index (χ4n) is 1.90. The van der Waals surface area contributed by atoms with E-state index < -0.39 is 0 Å². The Morgan fingerprint density at radius 1 is 1.14 bits per heavy atom. The minimum absolute atomic E-state index is 0.603. The van der Waals surface area contributed by atoms with E-state index in [0.29, 0.717) is 10.6 Å². The molecule has 0 aliphatic rings. The van der Waals surface area contributed by atoms with E-state index >= 15 is 0 Å². The molecule has 0 amide bonds. The number of rotatable bonds is 6. The molecule has 21 heavy (non-hydrogen) atoms. The molecule has 0 bridgehead atoms. The fourth-order valence-corrected chi connectivity index (χ4v) is 3.68. The van der Waals surface area contributed by atoms with Crippen LogP contribution in [0.4, 0.5) is 5.13 Å². The van der Waals surface area contributed by atoms with E-state index in [1.54, 1.807) is 0 Å². The Hall–Kier alpha value is -1.72. The van der Waals surface area contributed by atoms with E-state index in [-0.39, 0.29) is 0 Å². The molecule has 0 saturated carbocycles. The van der Waals surface area contributed by atoms with Gasteiger partial charge in [0.15, 0.2) is 4.34 Å². The predicted molar refractivity (Wildman–Crippen MR) is 83.7 cm³/mol. The first kappa shape index (κ1) is 15.7. The second-order valence-electron chi connectivity index (χ2n) is 4.13. The Kier molecular flexibility index (Phi) is 5.47. The molecule has 0 aromatic carbocycles. The molecule has 6 nitrogen and oxygen atoms in total. The molecule has 0 spiro atoms. The van der Waals surface area contributed by atoms with Crippen molar-refractivity contribution < 1.29 is 0 Å². The van der Waals surface area contributed by atoms with Gasteiger partial charge in [-0.05, 0) is 37.1 Å². The molecule has 2 aromatic rings. The van der Waals surface area contributed by atoms with Gasteiger partial charge in [0.2, 0.25) is 5.13 Å². The lowest BCUT2D eigenvalue weighted by molar-refractivity contribution is 0.817. The van der Waals surface area contributed by atoms with E-state index in [2.05, 4.69) is 31.8 Å². The van der Waals surface area contributed by atoms with E-state index in [1.165, 1.54) is 23.1 Å². The summed E-state index contributed by atoms with van der Waals surface area (Å²) in [4.78, 5) is 0. The van der Waals surface area contributed by atoms with Crippen LogP contribution in [0.2, 0.25) is 0 Å². The summed E-state index contributed by atoms with van der Waals surface area (Å²) in [6.45, 7) is 6.85. The van der Waals surface area contributed by atoms with Crippen LogP contribution in [0.5, 0.6) is 0 Å². The van der Waals surface area contributed by atoms with E-state index in [0.717, 1.165) is 40.1 Å². The van der Waals surface area contributed by atoms with E-state index in [4.69, 9.17) is 0 Å². The van der Waals surface area contributed by atoms with Crippen LogP contribution < -0.4 is 5.32 Å². The van der Waals surface area contributed by atoms with Gasteiger partial charge in [-0.2, -0.15) is 10.4 Å². The first-order chi connectivity index (χ1) is 10.2. The van der Waals surface area contributed by atoms with Gasteiger partial charge in [0.05, 0.1) is 11.3 Å². The summed E-state index contributed by atoms with van der Waals surface area (Å²) in [6.07, 6.45) is 1.55. The van der Waals surface area contributed by atoms with Crippen molar-refractivity contribution in [3.63, 3.8) is 0 Å². The highest BCUT2D eigenvalue weighted by atomic mass is 32.2. The summed E-state index contributed by atoms with van der Waals surface area (Å²) in [7, 11) is 0.